The second kappa shape index (κ2) is 9.67. The summed E-state index contributed by atoms with van der Waals surface area (Å²) in [5.41, 5.74) is 0. The van der Waals surface area contributed by atoms with E-state index in [1.54, 1.807) is 17.5 Å². The van der Waals surface area contributed by atoms with Crippen molar-refractivity contribution in [3.05, 3.63) is 22.4 Å². The van der Waals surface area contributed by atoms with Crippen molar-refractivity contribution in [1.29, 1.82) is 0 Å². The Morgan fingerprint density at radius 3 is 2.46 bits per heavy atom. The predicted molar refractivity (Wildman–Crippen MR) is 100 cm³/mol. The molecule has 12 nitrogen and oxygen atoms in total. The number of imide groups is 1. The normalized spacial score (nSPS) is 16.9. The van der Waals surface area contributed by atoms with E-state index in [1.807, 2.05) is 0 Å². The molecule has 15 heteroatoms. The molecule has 0 saturated carbocycles. The molecule has 150 valence electrons. The number of hydrogen-bond acceptors (Lipinski definition) is 7. The minimum absolute atomic E-state index is 0. The molecule has 2 rings (SSSR count). The third-order valence-corrected chi connectivity index (χ3v) is 5.49. The molecule has 1 fully saturated rings. The zero-order chi connectivity index (χ0) is 20.4. The van der Waals surface area contributed by atoms with Gasteiger partial charge in [-0.05, 0) is 11.4 Å². The van der Waals surface area contributed by atoms with Gasteiger partial charge in [0.05, 0.1) is 6.54 Å². The predicted octanol–water partition coefficient (Wildman–Crippen LogP) is -1.75. The number of β-lactam (4-membered cyclic amide) rings is 1. The number of rotatable bonds is 5. The standard InChI is InChI=1S/C13H17N5O7S2.Na.H/c1-14-12(21)17(2)13(22)16-9(8-4-3-5-26-8)10(19)15-7-6-18(11(7)20)27(23,24)25;;/h3-5,7,9H,6H2,1-2H3,(H,14,21)(H,15,19)(H,16,22)(H,23,24,25);;. The van der Waals surface area contributed by atoms with Crippen molar-refractivity contribution in [3.8, 4) is 0 Å². The molecule has 2 unspecified atom stereocenters. The van der Waals surface area contributed by atoms with Gasteiger partial charge in [0.25, 0.3) is 5.91 Å². The Morgan fingerprint density at radius 1 is 1.36 bits per heavy atom. The number of thiophene rings is 1. The summed E-state index contributed by atoms with van der Waals surface area (Å²) >= 11 is 1.16. The Bertz CT molecular complexity index is 861. The summed E-state index contributed by atoms with van der Waals surface area (Å²) < 4.78 is 30.9. The van der Waals surface area contributed by atoms with Crippen molar-refractivity contribution < 1.29 is 32.1 Å². The van der Waals surface area contributed by atoms with E-state index in [0.29, 0.717) is 4.88 Å². The quantitative estimate of drug-likeness (QED) is 0.238. The fourth-order valence-corrected chi connectivity index (χ4v) is 3.63. The zero-order valence-electron chi connectivity index (χ0n) is 14.2. The van der Waals surface area contributed by atoms with Gasteiger partial charge in [-0.1, -0.05) is 6.07 Å². The first-order valence-electron chi connectivity index (χ1n) is 7.45. The van der Waals surface area contributed by atoms with Crippen molar-refractivity contribution >= 4 is 75.1 Å². The molecule has 6 amide bonds. The van der Waals surface area contributed by atoms with Gasteiger partial charge in [0.1, 0.15) is 12.1 Å². The van der Waals surface area contributed by atoms with Gasteiger partial charge in [0, 0.05) is 19.0 Å². The second-order valence-corrected chi connectivity index (χ2v) is 7.74. The molecule has 1 aromatic heterocycles. The summed E-state index contributed by atoms with van der Waals surface area (Å²) in [5.74, 6) is -1.77. The fourth-order valence-electron chi connectivity index (χ4n) is 2.17. The Hall–Kier alpha value is -1.71. The second-order valence-electron chi connectivity index (χ2n) is 5.42. The number of urea groups is 2. The summed E-state index contributed by atoms with van der Waals surface area (Å²) in [6.07, 6.45) is 0. The fraction of sp³-hybridized carbons (Fsp3) is 0.385. The topological polar surface area (TPSA) is 165 Å². The maximum absolute atomic E-state index is 12.5. The van der Waals surface area contributed by atoms with Crippen LogP contribution >= 0.6 is 11.3 Å². The van der Waals surface area contributed by atoms with E-state index in [1.165, 1.54) is 14.1 Å². The van der Waals surface area contributed by atoms with Gasteiger partial charge in [-0.15, -0.1) is 11.3 Å². The molecule has 0 bridgehead atoms. The molecule has 0 radical (unpaired) electrons. The van der Waals surface area contributed by atoms with Crippen LogP contribution in [0, 0.1) is 0 Å². The number of amides is 6. The summed E-state index contributed by atoms with van der Waals surface area (Å²) in [4.78, 5) is 49.1. The molecule has 0 aromatic carbocycles. The summed E-state index contributed by atoms with van der Waals surface area (Å²) in [5, 5.41) is 8.61. The summed E-state index contributed by atoms with van der Waals surface area (Å²) in [7, 11) is -2.14. The van der Waals surface area contributed by atoms with E-state index in [-0.39, 0.29) is 33.9 Å². The Balaban J connectivity index is 0.00000392. The minimum atomic E-state index is -4.68. The Kier molecular flexibility index (Phi) is 8.40. The molecule has 28 heavy (non-hydrogen) atoms. The van der Waals surface area contributed by atoms with Crippen LogP contribution in [0.5, 0.6) is 0 Å². The van der Waals surface area contributed by atoms with Crippen LogP contribution in [0.1, 0.15) is 10.9 Å². The molecule has 4 N–H and O–H groups in total. The van der Waals surface area contributed by atoms with Crippen LogP contribution < -0.4 is 16.0 Å². The van der Waals surface area contributed by atoms with Gasteiger partial charge in [0.15, 0.2) is 0 Å². The Morgan fingerprint density at radius 2 is 2.00 bits per heavy atom. The number of carbonyl (C=O) groups excluding carboxylic acids is 4. The maximum atomic E-state index is 12.5. The third-order valence-electron chi connectivity index (χ3n) is 3.67. The summed E-state index contributed by atoms with van der Waals surface area (Å²) in [6.45, 7) is -0.424. The van der Waals surface area contributed by atoms with Crippen LogP contribution in [-0.2, 0) is 19.9 Å². The molecule has 1 aliphatic rings. The molecule has 1 aliphatic heterocycles. The molecule has 0 aliphatic carbocycles. The first-order chi connectivity index (χ1) is 12.6. The van der Waals surface area contributed by atoms with Crippen LogP contribution in [0.25, 0.3) is 0 Å². The van der Waals surface area contributed by atoms with Crippen LogP contribution in [0.4, 0.5) is 9.59 Å². The van der Waals surface area contributed by atoms with Gasteiger partial charge < -0.3 is 16.0 Å². The van der Waals surface area contributed by atoms with Crippen molar-refractivity contribution in [1.82, 2.24) is 25.2 Å². The van der Waals surface area contributed by atoms with Crippen LogP contribution in [-0.4, -0.2) is 102 Å². The average molecular weight is 443 g/mol. The monoisotopic (exact) mass is 443 g/mol. The van der Waals surface area contributed by atoms with E-state index in [2.05, 4.69) is 16.0 Å². The molecule has 2 heterocycles. The van der Waals surface area contributed by atoms with Gasteiger partial charge in [-0.25, -0.2) is 18.8 Å². The van der Waals surface area contributed by atoms with Gasteiger partial charge >= 0.3 is 51.9 Å². The number of carbonyl (C=O) groups is 4. The van der Waals surface area contributed by atoms with Crippen LogP contribution in [0.15, 0.2) is 17.5 Å². The van der Waals surface area contributed by atoms with Crippen molar-refractivity contribution in [2.75, 3.05) is 20.6 Å². The van der Waals surface area contributed by atoms with Crippen molar-refractivity contribution in [3.63, 3.8) is 0 Å². The summed E-state index contributed by atoms with van der Waals surface area (Å²) in [6, 6.07) is -0.711. The van der Waals surface area contributed by atoms with E-state index in [0.717, 1.165) is 16.2 Å². The van der Waals surface area contributed by atoms with Crippen LogP contribution in [0.3, 0.4) is 0 Å². The SMILES string of the molecule is CNC(=O)N(C)C(=O)NC(C(=O)NC1CN(S(=O)(=O)O)C1=O)c1cccs1.[NaH]. The molecule has 2 atom stereocenters. The number of hydrogen-bond donors (Lipinski definition) is 4. The number of nitrogens with one attached hydrogen (secondary N) is 3. The van der Waals surface area contributed by atoms with Crippen molar-refractivity contribution in [2.45, 2.75) is 12.1 Å². The molecular formula is C13H18N5NaO7S2. The molecular weight excluding hydrogens is 425 g/mol. The van der Waals surface area contributed by atoms with E-state index >= 15 is 0 Å². The van der Waals surface area contributed by atoms with Crippen molar-refractivity contribution in [2.24, 2.45) is 0 Å². The Labute approximate surface area is 186 Å². The van der Waals surface area contributed by atoms with Gasteiger partial charge in [-0.3, -0.25) is 14.1 Å². The van der Waals surface area contributed by atoms with E-state index in [9.17, 15) is 27.6 Å². The zero-order valence-corrected chi connectivity index (χ0v) is 15.8. The van der Waals surface area contributed by atoms with Gasteiger partial charge in [-0.2, -0.15) is 8.42 Å². The van der Waals surface area contributed by atoms with E-state index in [4.69, 9.17) is 4.55 Å². The number of nitrogens with zero attached hydrogens (tertiary/aromatic N) is 2. The molecule has 1 aromatic rings. The average Bonchev–Trinajstić information content (AvgIpc) is 3.13. The van der Waals surface area contributed by atoms with Gasteiger partial charge in [0.2, 0.25) is 5.91 Å². The molecule has 0 spiro atoms. The first-order valence-corrected chi connectivity index (χ1v) is 9.72. The first kappa shape index (κ1) is 24.3. The molecule has 1 saturated heterocycles. The van der Waals surface area contributed by atoms with E-state index < -0.39 is 52.8 Å². The third kappa shape index (κ3) is 5.42. The van der Waals surface area contributed by atoms with Crippen LogP contribution in [0.2, 0.25) is 0 Å².